The third kappa shape index (κ3) is 3.38. The highest BCUT2D eigenvalue weighted by molar-refractivity contribution is 5.83. The van der Waals surface area contributed by atoms with Crippen LogP contribution in [0.4, 0.5) is 0 Å². The zero-order valence-electron chi connectivity index (χ0n) is 14.7. The zero-order valence-corrected chi connectivity index (χ0v) is 14.7. The number of hydrogen-bond donors (Lipinski definition) is 0. The van der Waals surface area contributed by atoms with Gasteiger partial charge in [0.15, 0.2) is 0 Å². The van der Waals surface area contributed by atoms with E-state index >= 15 is 0 Å². The molecule has 0 bridgehead atoms. The standard InChI is InChI=1S/C17H30N4O2/c1-13-11-21(15-5-8-18(3)17(15)23)12-16(13)20-7-4-6-19(9-10-20)14(2)22/h13,15-16H,4-12H2,1-3H3/t13-,15+,16+/m0/s1. The van der Waals surface area contributed by atoms with E-state index in [-0.39, 0.29) is 17.9 Å². The van der Waals surface area contributed by atoms with Crippen LogP contribution in [-0.2, 0) is 9.59 Å². The van der Waals surface area contributed by atoms with Crippen LogP contribution in [0.1, 0.15) is 26.7 Å². The third-order valence-corrected chi connectivity index (χ3v) is 5.89. The van der Waals surface area contributed by atoms with Gasteiger partial charge in [-0.3, -0.25) is 19.4 Å². The highest BCUT2D eigenvalue weighted by Gasteiger charge is 2.42. The quantitative estimate of drug-likeness (QED) is 0.723. The monoisotopic (exact) mass is 322 g/mol. The van der Waals surface area contributed by atoms with E-state index in [2.05, 4.69) is 16.7 Å². The molecule has 3 fully saturated rings. The van der Waals surface area contributed by atoms with Gasteiger partial charge in [0.05, 0.1) is 6.04 Å². The van der Waals surface area contributed by atoms with Crippen molar-refractivity contribution in [3.63, 3.8) is 0 Å². The summed E-state index contributed by atoms with van der Waals surface area (Å²) in [6.45, 7) is 10.6. The number of amides is 2. The van der Waals surface area contributed by atoms with Crippen molar-refractivity contribution in [3.8, 4) is 0 Å². The number of nitrogens with zero attached hydrogens (tertiary/aromatic N) is 4. The number of rotatable bonds is 2. The molecule has 23 heavy (non-hydrogen) atoms. The summed E-state index contributed by atoms with van der Waals surface area (Å²) in [5.74, 6) is 1.06. The Morgan fingerprint density at radius 1 is 1.04 bits per heavy atom. The summed E-state index contributed by atoms with van der Waals surface area (Å²) >= 11 is 0. The molecule has 3 heterocycles. The molecular formula is C17H30N4O2. The molecule has 3 aliphatic rings. The lowest BCUT2D eigenvalue weighted by atomic mass is 10.0. The first-order valence-electron chi connectivity index (χ1n) is 8.96. The van der Waals surface area contributed by atoms with Gasteiger partial charge in [-0.05, 0) is 18.8 Å². The van der Waals surface area contributed by atoms with Crippen LogP contribution in [0.2, 0.25) is 0 Å². The molecule has 2 amide bonds. The summed E-state index contributed by atoms with van der Waals surface area (Å²) in [5, 5.41) is 0. The van der Waals surface area contributed by atoms with E-state index in [0.717, 1.165) is 58.7 Å². The van der Waals surface area contributed by atoms with Gasteiger partial charge in [0.1, 0.15) is 0 Å². The molecule has 3 saturated heterocycles. The molecule has 3 rings (SSSR count). The average molecular weight is 322 g/mol. The molecule has 0 aromatic heterocycles. The van der Waals surface area contributed by atoms with Crippen molar-refractivity contribution in [2.24, 2.45) is 5.92 Å². The van der Waals surface area contributed by atoms with Crippen LogP contribution < -0.4 is 0 Å². The maximum Gasteiger partial charge on any atom is 0.239 e. The van der Waals surface area contributed by atoms with Gasteiger partial charge in [0.25, 0.3) is 0 Å². The minimum absolute atomic E-state index is 0.0909. The normalized spacial score (nSPS) is 34.2. The molecular weight excluding hydrogens is 292 g/mol. The summed E-state index contributed by atoms with van der Waals surface area (Å²) in [5.41, 5.74) is 0. The lowest BCUT2D eigenvalue weighted by Crippen LogP contribution is -2.44. The molecule has 6 heteroatoms. The Balaban J connectivity index is 1.60. The zero-order chi connectivity index (χ0) is 16.6. The molecule has 0 saturated carbocycles. The minimum Gasteiger partial charge on any atom is -0.344 e. The molecule has 0 spiro atoms. The molecule has 0 aromatic carbocycles. The summed E-state index contributed by atoms with van der Waals surface area (Å²) in [6.07, 6.45) is 2.01. The minimum atomic E-state index is 0.0909. The van der Waals surface area contributed by atoms with Gasteiger partial charge in [-0.25, -0.2) is 0 Å². The molecule has 0 aromatic rings. The molecule has 0 unspecified atom stereocenters. The lowest BCUT2D eigenvalue weighted by molar-refractivity contribution is -0.131. The van der Waals surface area contributed by atoms with E-state index in [1.165, 1.54) is 0 Å². The lowest BCUT2D eigenvalue weighted by Gasteiger charge is -2.30. The van der Waals surface area contributed by atoms with E-state index in [1.54, 1.807) is 6.92 Å². The van der Waals surface area contributed by atoms with Gasteiger partial charge in [0.2, 0.25) is 11.8 Å². The Labute approximate surface area is 139 Å². The second-order valence-electron chi connectivity index (χ2n) is 7.46. The molecule has 130 valence electrons. The summed E-state index contributed by atoms with van der Waals surface area (Å²) in [4.78, 5) is 32.7. The smallest absolute Gasteiger partial charge is 0.239 e. The van der Waals surface area contributed by atoms with Crippen molar-refractivity contribution in [2.45, 2.75) is 38.8 Å². The molecule has 0 aliphatic carbocycles. The highest BCUT2D eigenvalue weighted by atomic mass is 16.2. The van der Waals surface area contributed by atoms with Crippen molar-refractivity contribution in [1.82, 2.24) is 19.6 Å². The van der Waals surface area contributed by atoms with E-state index in [9.17, 15) is 9.59 Å². The number of likely N-dealkylation sites (tertiary alicyclic amines) is 2. The van der Waals surface area contributed by atoms with E-state index < -0.39 is 0 Å². The first-order valence-corrected chi connectivity index (χ1v) is 8.96. The Morgan fingerprint density at radius 3 is 2.48 bits per heavy atom. The van der Waals surface area contributed by atoms with Gasteiger partial charge in [-0.15, -0.1) is 0 Å². The van der Waals surface area contributed by atoms with Crippen LogP contribution in [0.15, 0.2) is 0 Å². The number of likely N-dealkylation sites (N-methyl/N-ethyl adjacent to an activating group) is 1. The second kappa shape index (κ2) is 6.77. The fourth-order valence-electron chi connectivity index (χ4n) is 4.44. The summed E-state index contributed by atoms with van der Waals surface area (Å²) in [6, 6.07) is 0.605. The topological polar surface area (TPSA) is 47.1 Å². The highest BCUT2D eigenvalue weighted by Crippen LogP contribution is 2.28. The van der Waals surface area contributed by atoms with Crippen molar-refractivity contribution in [3.05, 3.63) is 0 Å². The van der Waals surface area contributed by atoms with Crippen LogP contribution in [0.25, 0.3) is 0 Å². The molecule has 3 atom stereocenters. The molecule has 0 radical (unpaired) electrons. The Hall–Kier alpha value is -1.14. The van der Waals surface area contributed by atoms with Crippen molar-refractivity contribution in [1.29, 1.82) is 0 Å². The molecule has 3 aliphatic heterocycles. The number of carbonyl (C=O) groups is 2. The maximum atomic E-state index is 12.3. The Morgan fingerprint density at radius 2 is 1.83 bits per heavy atom. The van der Waals surface area contributed by atoms with Crippen LogP contribution in [0, 0.1) is 5.92 Å². The van der Waals surface area contributed by atoms with Crippen LogP contribution in [-0.4, -0.2) is 96.4 Å². The van der Waals surface area contributed by atoms with Crippen molar-refractivity contribution < 1.29 is 9.59 Å². The van der Waals surface area contributed by atoms with Crippen LogP contribution in [0.3, 0.4) is 0 Å². The average Bonchev–Trinajstić information content (AvgIpc) is 2.93. The van der Waals surface area contributed by atoms with Gasteiger partial charge in [-0.1, -0.05) is 6.92 Å². The van der Waals surface area contributed by atoms with E-state index in [1.807, 2.05) is 16.8 Å². The van der Waals surface area contributed by atoms with Crippen molar-refractivity contribution in [2.75, 3.05) is 52.9 Å². The fourth-order valence-corrected chi connectivity index (χ4v) is 4.44. The van der Waals surface area contributed by atoms with Gasteiger partial charge >= 0.3 is 0 Å². The maximum absolute atomic E-state index is 12.3. The predicted molar refractivity (Wildman–Crippen MR) is 89.0 cm³/mol. The Kier molecular flexibility index (Phi) is 4.92. The van der Waals surface area contributed by atoms with Gasteiger partial charge in [-0.2, -0.15) is 0 Å². The molecule has 6 nitrogen and oxygen atoms in total. The summed E-state index contributed by atoms with van der Waals surface area (Å²) in [7, 11) is 1.91. The third-order valence-electron chi connectivity index (χ3n) is 5.89. The summed E-state index contributed by atoms with van der Waals surface area (Å²) < 4.78 is 0. The largest absolute Gasteiger partial charge is 0.344 e. The van der Waals surface area contributed by atoms with Gasteiger partial charge in [0, 0.05) is 65.8 Å². The first-order chi connectivity index (χ1) is 11.0. The van der Waals surface area contributed by atoms with E-state index in [4.69, 9.17) is 0 Å². The predicted octanol–water partition coefficient (Wildman–Crippen LogP) is 0.0916. The SMILES string of the molecule is CC(=O)N1CCCN([C@@H]2CN([C@@H]3CCN(C)C3=O)C[C@@H]2C)CC1. The Bertz CT molecular complexity index is 470. The van der Waals surface area contributed by atoms with Crippen LogP contribution >= 0.6 is 0 Å². The fraction of sp³-hybridized carbons (Fsp3) is 0.882. The van der Waals surface area contributed by atoms with Gasteiger partial charge < -0.3 is 9.80 Å². The second-order valence-corrected chi connectivity index (χ2v) is 7.46. The molecule has 0 N–H and O–H groups in total. The number of carbonyl (C=O) groups excluding carboxylic acids is 2. The van der Waals surface area contributed by atoms with Crippen LogP contribution in [0.5, 0.6) is 0 Å². The van der Waals surface area contributed by atoms with Crippen molar-refractivity contribution >= 4 is 11.8 Å². The number of hydrogen-bond acceptors (Lipinski definition) is 4. The first kappa shape index (κ1) is 16.7. The van der Waals surface area contributed by atoms with E-state index in [0.29, 0.717) is 12.0 Å².